The van der Waals surface area contributed by atoms with Crippen LogP contribution in [-0.2, 0) is 11.3 Å². The Kier molecular flexibility index (Phi) is 3.62. The van der Waals surface area contributed by atoms with E-state index in [1.165, 1.54) is 0 Å². The molecular weight excluding hydrogens is 310 g/mol. The van der Waals surface area contributed by atoms with Crippen molar-refractivity contribution in [3.05, 3.63) is 47.5 Å². The van der Waals surface area contributed by atoms with Gasteiger partial charge in [0.1, 0.15) is 24.7 Å². The number of rotatable bonds is 3. The summed E-state index contributed by atoms with van der Waals surface area (Å²) < 4.78 is 16.8. The monoisotopic (exact) mass is 327 g/mol. The van der Waals surface area contributed by atoms with Crippen LogP contribution in [0.1, 0.15) is 17.2 Å². The van der Waals surface area contributed by atoms with Crippen LogP contribution in [0, 0.1) is 0 Å². The van der Waals surface area contributed by atoms with E-state index in [-0.39, 0.29) is 6.04 Å². The topological polar surface area (TPSA) is 84.3 Å². The second-order valence-electron chi connectivity index (χ2n) is 5.54. The molecule has 0 saturated carbocycles. The van der Waals surface area contributed by atoms with Gasteiger partial charge in [-0.05, 0) is 30.3 Å². The minimum atomic E-state index is -0.0881. The largest absolute Gasteiger partial charge is 0.496 e. The van der Waals surface area contributed by atoms with Crippen molar-refractivity contribution in [2.75, 3.05) is 19.2 Å². The second-order valence-corrected chi connectivity index (χ2v) is 5.54. The lowest BCUT2D eigenvalue weighted by atomic mass is 10.1. The van der Waals surface area contributed by atoms with Crippen LogP contribution in [0.25, 0.3) is 0 Å². The minimum Gasteiger partial charge on any atom is -0.496 e. The summed E-state index contributed by atoms with van der Waals surface area (Å²) in [4.78, 5) is 4.49. The molecule has 0 bridgehead atoms. The Morgan fingerprint density at radius 3 is 3.00 bits per heavy atom. The molecule has 2 aromatic rings. The van der Waals surface area contributed by atoms with E-state index in [1.807, 2.05) is 24.3 Å². The third-order valence-electron chi connectivity index (χ3n) is 4.09. The quantitative estimate of drug-likeness (QED) is 0.752. The van der Waals surface area contributed by atoms with Crippen molar-refractivity contribution in [2.24, 2.45) is 4.99 Å². The number of hydrogen-bond donors (Lipinski definition) is 3. The third kappa shape index (κ3) is 2.48. The maximum Gasteiger partial charge on any atom is 0.290 e. The fourth-order valence-electron chi connectivity index (χ4n) is 2.93. The zero-order valence-electron chi connectivity index (χ0n) is 13.1. The molecule has 2 aromatic carbocycles. The molecule has 0 fully saturated rings. The molecule has 124 valence electrons. The van der Waals surface area contributed by atoms with Crippen molar-refractivity contribution in [1.29, 1.82) is 0 Å². The third-order valence-corrected chi connectivity index (χ3v) is 4.09. The summed E-state index contributed by atoms with van der Waals surface area (Å²) in [5.74, 6) is 1.58. The molecule has 2 aliphatic heterocycles. The summed E-state index contributed by atoms with van der Waals surface area (Å²) in [5.41, 5.74) is 5.40. The van der Waals surface area contributed by atoms with Crippen molar-refractivity contribution in [1.82, 2.24) is 5.32 Å². The van der Waals surface area contributed by atoms with Crippen LogP contribution in [0.5, 0.6) is 11.5 Å². The standard InChI is InChI=1S/C17H17N3O4/c1-22-14-3-2-4-15-16(14)13(9-23-15)19-17-18-12-6-5-11(20-21)7-10(12)8-24-17/h2-7,13,20-21H,8-9H2,1H3,(H,18,19). The molecule has 3 N–H and O–H groups in total. The van der Waals surface area contributed by atoms with Crippen LogP contribution in [0.15, 0.2) is 41.4 Å². The lowest BCUT2D eigenvalue weighted by molar-refractivity contribution is 0.256. The molecule has 0 aromatic heterocycles. The van der Waals surface area contributed by atoms with Crippen LogP contribution in [0.2, 0.25) is 0 Å². The molecule has 1 unspecified atom stereocenters. The first kappa shape index (κ1) is 14.6. The number of nitrogens with zero attached hydrogens (tertiary/aromatic N) is 1. The molecule has 0 amide bonds. The minimum absolute atomic E-state index is 0.0881. The number of ether oxygens (including phenoxy) is 3. The smallest absolute Gasteiger partial charge is 0.290 e. The van der Waals surface area contributed by atoms with E-state index in [0.29, 0.717) is 24.9 Å². The van der Waals surface area contributed by atoms with Crippen molar-refractivity contribution in [3.63, 3.8) is 0 Å². The predicted molar refractivity (Wildman–Crippen MR) is 88.1 cm³/mol. The van der Waals surface area contributed by atoms with Crippen LogP contribution in [0.4, 0.5) is 11.4 Å². The van der Waals surface area contributed by atoms with Crippen molar-refractivity contribution in [3.8, 4) is 11.5 Å². The van der Waals surface area contributed by atoms with Gasteiger partial charge in [-0.2, -0.15) is 4.99 Å². The Hall–Kier alpha value is -2.93. The average Bonchev–Trinajstić information content (AvgIpc) is 3.04. The molecule has 7 nitrogen and oxygen atoms in total. The fourth-order valence-corrected chi connectivity index (χ4v) is 2.93. The van der Waals surface area contributed by atoms with Gasteiger partial charge in [0.15, 0.2) is 0 Å². The maximum atomic E-state index is 8.96. The zero-order valence-corrected chi connectivity index (χ0v) is 13.1. The number of benzene rings is 2. The first-order valence-electron chi connectivity index (χ1n) is 7.59. The Bertz CT molecular complexity index is 806. The summed E-state index contributed by atoms with van der Waals surface area (Å²) in [7, 11) is 1.64. The first-order valence-corrected chi connectivity index (χ1v) is 7.59. The molecular formula is C17H17N3O4. The molecule has 7 heteroatoms. The molecule has 4 rings (SSSR count). The van der Waals surface area contributed by atoms with Gasteiger partial charge in [-0.3, -0.25) is 10.7 Å². The number of fused-ring (bicyclic) bond motifs is 2. The molecule has 2 aliphatic rings. The van der Waals surface area contributed by atoms with Crippen LogP contribution in [0.3, 0.4) is 0 Å². The zero-order chi connectivity index (χ0) is 16.5. The average molecular weight is 327 g/mol. The molecule has 0 radical (unpaired) electrons. The van der Waals surface area contributed by atoms with Crippen molar-refractivity contribution in [2.45, 2.75) is 12.6 Å². The summed E-state index contributed by atoms with van der Waals surface area (Å²) in [6, 6.07) is 11.5. The molecule has 2 heterocycles. The number of aliphatic imine (C=N–C) groups is 1. The van der Waals surface area contributed by atoms with Crippen LogP contribution < -0.4 is 20.3 Å². The van der Waals surface area contributed by atoms with Crippen LogP contribution in [-0.4, -0.2) is 24.9 Å². The number of anilines is 1. The van der Waals surface area contributed by atoms with Gasteiger partial charge in [-0.1, -0.05) is 6.07 Å². The van der Waals surface area contributed by atoms with Crippen molar-refractivity contribution < 1.29 is 19.4 Å². The highest BCUT2D eigenvalue weighted by Gasteiger charge is 2.29. The second kappa shape index (κ2) is 5.93. The van der Waals surface area contributed by atoms with E-state index < -0.39 is 0 Å². The van der Waals surface area contributed by atoms with E-state index in [2.05, 4.69) is 15.8 Å². The molecule has 0 spiro atoms. The highest BCUT2D eigenvalue weighted by molar-refractivity contribution is 5.80. The SMILES string of the molecule is COc1cccc2c1C(NC1=Nc3ccc(NO)cc3CO1)CO2. The normalized spacial score (nSPS) is 17.8. The van der Waals surface area contributed by atoms with Gasteiger partial charge < -0.3 is 19.5 Å². The summed E-state index contributed by atoms with van der Waals surface area (Å²) >= 11 is 0. The van der Waals surface area contributed by atoms with Gasteiger partial charge in [0.2, 0.25) is 0 Å². The number of methoxy groups -OCH3 is 1. The lowest BCUT2D eigenvalue weighted by Crippen LogP contribution is -2.32. The molecule has 1 atom stereocenters. The maximum absolute atomic E-state index is 8.96. The highest BCUT2D eigenvalue weighted by Crippen LogP contribution is 2.39. The van der Waals surface area contributed by atoms with E-state index in [0.717, 1.165) is 28.3 Å². The van der Waals surface area contributed by atoms with E-state index in [9.17, 15) is 0 Å². The summed E-state index contributed by atoms with van der Waals surface area (Å²) in [5, 5.41) is 12.2. The predicted octanol–water partition coefficient (Wildman–Crippen LogP) is 2.74. The van der Waals surface area contributed by atoms with Gasteiger partial charge in [-0.15, -0.1) is 0 Å². The lowest BCUT2D eigenvalue weighted by Gasteiger charge is -2.21. The van der Waals surface area contributed by atoms with Crippen molar-refractivity contribution >= 4 is 17.4 Å². The number of hydrogen-bond acceptors (Lipinski definition) is 7. The molecule has 0 saturated heterocycles. The van der Waals surface area contributed by atoms with E-state index in [4.69, 9.17) is 19.4 Å². The van der Waals surface area contributed by atoms with Gasteiger partial charge in [-0.25, -0.2) is 0 Å². The van der Waals surface area contributed by atoms with Crippen LogP contribution >= 0.6 is 0 Å². The Morgan fingerprint density at radius 1 is 1.25 bits per heavy atom. The van der Waals surface area contributed by atoms with E-state index in [1.54, 1.807) is 19.2 Å². The van der Waals surface area contributed by atoms with E-state index >= 15 is 0 Å². The number of amidine groups is 1. The summed E-state index contributed by atoms with van der Waals surface area (Å²) in [6.07, 6.45) is 0. The first-order chi connectivity index (χ1) is 11.8. The number of nitrogens with one attached hydrogen (secondary N) is 2. The van der Waals surface area contributed by atoms with Gasteiger partial charge in [0.25, 0.3) is 6.02 Å². The van der Waals surface area contributed by atoms with Gasteiger partial charge in [0.05, 0.1) is 30.1 Å². The Morgan fingerprint density at radius 2 is 2.17 bits per heavy atom. The van der Waals surface area contributed by atoms with Gasteiger partial charge in [0, 0.05) is 5.56 Å². The fraction of sp³-hybridized carbons (Fsp3) is 0.235. The Balaban J connectivity index is 1.59. The molecule has 0 aliphatic carbocycles. The van der Waals surface area contributed by atoms with Gasteiger partial charge >= 0.3 is 0 Å². The highest BCUT2D eigenvalue weighted by atomic mass is 16.5. The summed E-state index contributed by atoms with van der Waals surface area (Å²) in [6.45, 7) is 0.862. The molecule has 24 heavy (non-hydrogen) atoms. The Labute approximate surface area is 138 Å².